The van der Waals surface area contributed by atoms with Crippen LogP contribution in [0.2, 0.25) is 5.02 Å². The van der Waals surface area contributed by atoms with Gasteiger partial charge in [-0.15, -0.1) is 0 Å². The largest absolute Gasteiger partial charge is 0.363 e. The van der Waals surface area contributed by atoms with Gasteiger partial charge in [0, 0.05) is 50.2 Å². The molecule has 1 N–H and O–H groups in total. The SMILES string of the molecule is O=C(CCN1CCN(c2ccccc2[N+](=O)[O-])CC1)Nc1ccc(Cl)cc1F. The van der Waals surface area contributed by atoms with Gasteiger partial charge < -0.3 is 10.2 Å². The van der Waals surface area contributed by atoms with Crippen molar-refractivity contribution >= 4 is 34.6 Å². The second kappa shape index (κ2) is 8.99. The quantitative estimate of drug-likeness (QED) is 0.586. The molecule has 28 heavy (non-hydrogen) atoms. The second-order valence-corrected chi connectivity index (χ2v) is 6.93. The van der Waals surface area contributed by atoms with Gasteiger partial charge in [0.1, 0.15) is 11.5 Å². The molecule has 148 valence electrons. The smallest absolute Gasteiger partial charge is 0.292 e. The molecule has 2 aromatic carbocycles. The first-order valence-electron chi connectivity index (χ1n) is 8.89. The molecule has 0 aromatic heterocycles. The van der Waals surface area contributed by atoms with Crippen molar-refractivity contribution < 1.29 is 14.1 Å². The average molecular weight is 407 g/mol. The number of carbonyl (C=O) groups excluding carboxylic acids is 1. The van der Waals surface area contributed by atoms with Crippen LogP contribution in [0.5, 0.6) is 0 Å². The zero-order valence-electron chi connectivity index (χ0n) is 15.1. The summed E-state index contributed by atoms with van der Waals surface area (Å²) in [7, 11) is 0. The highest BCUT2D eigenvalue weighted by Gasteiger charge is 2.23. The molecule has 0 bridgehead atoms. The van der Waals surface area contributed by atoms with Gasteiger partial charge >= 0.3 is 0 Å². The highest BCUT2D eigenvalue weighted by Crippen LogP contribution is 2.28. The van der Waals surface area contributed by atoms with Crippen LogP contribution in [0.3, 0.4) is 0 Å². The van der Waals surface area contributed by atoms with E-state index in [9.17, 15) is 19.3 Å². The summed E-state index contributed by atoms with van der Waals surface area (Å²) in [5, 5.41) is 14.0. The number of hydrogen-bond acceptors (Lipinski definition) is 5. The topological polar surface area (TPSA) is 78.7 Å². The second-order valence-electron chi connectivity index (χ2n) is 6.50. The van der Waals surface area contributed by atoms with Crippen molar-refractivity contribution in [2.75, 3.05) is 42.9 Å². The number of carbonyl (C=O) groups is 1. The Morgan fingerprint density at radius 2 is 1.89 bits per heavy atom. The summed E-state index contributed by atoms with van der Waals surface area (Å²) in [5.41, 5.74) is 0.819. The standard InChI is InChI=1S/C19H20ClFN4O3/c20-14-5-6-16(15(21)13-14)22-19(26)7-8-23-9-11-24(12-10-23)17-3-1-2-4-18(17)25(27)28/h1-6,13H,7-12H2,(H,22,26). The molecule has 0 spiro atoms. The number of nitro benzene ring substituents is 1. The van der Waals surface area contributed by atoms with Crippen LogP contribution >= 0.6 is 11.6 Å². The number of rotatable bonds is 6. The van der Waals surface area contributed by atoms with Crippen molar-refractivity contribution in [1.82, 2.24) is 4.90 Å². The van der Waals surface area contributed by atoms with Crippen molar-refractivity contribution in [3.05, 3.63) is 63.4 Å². The van der Waals surface area contributed by atoms with E-state index in [1.807, 2.05) is 4.90 Å². The summed E-state index contributed by atoms with van der Waals surface area (Å²) in [5.74, 6) is -0.846. The Morgan fingerprint density at radius 1 is 1.18 bits per heavy atom. The van der Waals surface area contributed by atoms with Crippen LogP contribution in [0.25, 0.3) is 0 Å². The molecule has 1 fully saturated rings. The number of para-hydroxylation sites is 2. The fourth-order valence-corrected chi connectivity index (χ4v) is 3.32. The van der Waals surface area contributed by atoms with Gasteiger partial charge in [0.2, 0.25) is 5.91 Å². The van der Waals surface area contributed by atoms with Gasteiger partial charge in [0.15, 0.2) is 0 Å². The number of nitrogens with zero attached hydrogens (tertiary/aromatic N) is 3. The third-order valence-electron chi connectivity index (χ3n) is 4.65. The third kappa shape index (κ3) is 4.96. The lowest BCUT2D eigenvalue weighted by Gasteiger charge is -2.35. The molecule has 1 aliphatic rings. The predicted octanol–water partition coefficient (Wildman–Crippen LogP) is 3.54. The third-order valence-corrected chi connectivity index (χ3v) is 4.89. The molecule has 3 rings (SSSR count). The van der Waals surface area contributed by atoms with E-state index in [4.69, 9.17) is 11.6 Å². The molecule has 1 amide bonds. The van der Waals surface area contributed by atoms with Gasteiger partial charge in [0.05, 0.1) is 10.6 Å². The van der Waals surface area contributed by atoms with E-state index < -0.39 is 5.82 Å². The van der Waals surface area contributed by atoms with Gasteiger partial charge in [-0.05, 0) is 24.3 Å². The first-order chi connectivity index (χ1) is 13.4. The molecule has 0 atom stereocenters. The minimum absolute atomic E-state index is 0.0975. The number of nitro groups is 1. The van der Waals surface area contributed by atoms with Crippen LogP contribution in [-0.2, 0) is 4.79 Å². The highest BCUT2D eigenvalue weighted by atomic mass is 35.5. The minimum Gasteiger partial charge on any atom is -0.363 e. The summed E-state index contributed by atoms with van der Waals surface area (Å²) in [6.07, 6.45) is 0.230. The van der Waals surface area contributed by atoms with Crippen molar-refractivity contribution in [2.45, 2.75) is 6.42 Å². The molecule has 2 aromatic rings. The van der Waals surface area contributed by atoms with E-state index in [2.05, 4.69) is 10.2 Å². The number of amides is 1. The lowest BCUT2D eigenvalue weighted by atomic mass is 10.2. The first-order valence-corrected chi connectivity index (χ1v) is 9.27. The van der Waals surface area contributed by atoms with Crippen molar-refractivity contribution in [1.29, 1.82) is 0 Å². The lowest BCUT2D eigenvalue weighted by Crippen LogP contribution is -2.47. The van der Waals surface area contributed by atoms with E-state index in [0.29, 0.717) is 38.4 Å². The maximum Gasteiger partial charge on any atom is 0.292 e. The number of halogens is 2. The zero-order chi connectivity index (χ0) is 20.1. The van der Waals surface area contributed by atoms with Crippen LogP contribution < -0.4 is 10.2 Å². The molecule has 1 saturated heterocycles. The maximum absolute atomic E-state index is 13.7. The highest BCUT2D eigenvalue weighted by molar-refractivity contribution is 6.30. The van der Waals surface area contributed by atoms with Crippen LogP contribution in [0.1, 0.15) is 6.42 Å². The molecule has 1 heterocycles. The Kier molecular flexibility index (Phi) is 6.43. The molecule has 9 heteroatoms. The van der Waals surface area contributed by atoms with E-state index in [-0.39, 0.29) is 33.6 Å². The van der Waals surface area contributed by atoms with E-state index in [0.717, 1.165) is 6.07 Å². The number of piperazine rings is 1. The molecule has 0 radical (unpaired) electrons. The number of benzene rings is 2. The summed E-state index contributed by atoms with van der Waals surface area (Å²) in [6.45, 7) is 3.19. The monoisotopic (exact) mass is 406 g/mol. The van der Waals surface area contributed by atoms with E-state index in [1.54, 1.807) is 18.2 Å². The number of hydrogen-bond donors (Lipinski definition) is 1. The molecular weight excluding hydrogens is 387 g/mol. The van der Waals surface area contributed by atoms with Crippen molar-refractivity contribution in [3.8, 4) is 0 Å². The maximum atomic E-state index is 13.7. The predicted molar refractivity (Wildman–Crippen MR) is 106 cm³/mol. The average Bonchev–Trinajstić information content (AvgIpc) is 2.69. The molecule has 0 unspecified atom stereocenters. The van der Waals surface area contributed by atoms with Gasteiger partial charge in [-0.1, -0.05) is 23.7 Å². The van der Waals surface area contributed by atoms with Crippen LogP contribution in [0.4, 0.5) is 21.5 Å². The van der Waals surface area contributed by atoms with Crippen LogP contribution in [0.15, 0.2) is 42.5 Å². The van der Waals surface area contributed by atoms with Gasteiger partial charge in [-0.2, -0.15) is 0 Å². The fraction of sp³-hybridized carbons (Fsp3) is 0.316. The molecule has 1 aliphatic heterocycles. The zero-order valence-corrected chi connectivity index (χ0v) is 15.9. The molecule has 7 nitrogen and oxygen atoms in total. The lowest BCUT2D eigenvalue weighted by molar-refractivity contribution is -0.384. The fourth-order valence-electron chi connectivity index (χ4n) is 3.16. The summed E-state index contributed by atoms with van der Waals surface area (Å²) in [6, 6.07) is 10.8. The van der Waals surface area contributed by atoms with E-state index >= 15 is 0 Å². The van der Waals surface area contributed by atoms with Gasteiger partial charge in [0.25, 0.3) is 5.69 Å². The summed E-state index contributed by atoms with van der Waals surface area (Å²) < 4.78 is 13.7. The Labute approximate surface area is 166 Å². The Morgan fingerprint density at radius 3 is 2.57 bits per heavy atom. The van der Waals surface area contributed by atoms with Gasteiger partial charge in [-0.25, -0.2) is 4.39 Å². The van der Waals surface area contributed by atoms with E-state index in [1.165, 1.54) is 18.2 Å². The number of nitrogens with one attached hydrogen (secondary N) is 1. The Balaban J connectivity index is 1.48. The van der Waals surface area contributed by atoms with Crippen molar-refractivity contribution in [3.63, 3.8) is 0 Å². The molecule has 0 saturated carbocycles. The van der Waals surface area contributed by atoms with Crippen LogP contribution in [-0.4, -0.2) is 48.5 Å². The van der Waals surface area contributed by atoms with Crippen LogP contribution in [0, 0.1) is 15.9 Å². The molecule has 0 aliphatic carbocycles. The van der Waals surface area contributed by atoms with Gasteiger partial charge in [-0.3, -0.25) is 19.8 Å². The van der Waals surface area contributed by atoms with Crippen molar-refractivity contribution in [2.24, 2.45) is 0 Å². The first kappa shape index (κ1) is 20.0. The Hall–Kier alpha value is -2.71. The summed E-state index contributed by atoms with van der Waals surface area (Å²) >= 11 is 5.70. The Bertz CT molecular complexity index is 872. The summed E-state index contributed by atoms with van der Waals surface area (Å²) in [4.78, 5) is 27.0. The molecular formula is C19H20ClFN4O3. The number of anilines is 2. The minimum atomic E-state index is -0.570. The normalized spacial score (nSPS) is 14.7.